The number of hydrogen-bond acceptors (Lipinski definition) is 7. The predicted octanol–water partition coefficient (Wildman–Crippen LogP) is 2.26. The van der Waals surface area contributed by atoms with Gasteiger partial charge < -0.3 is 4.74 Å². The second kappa shape index (κ2) is 8.98. The highest BCUT2D eigenvalue weighted by molar-refractivity contribution is 7.22. The van der Waals surface area contributed by atoms with Crippen LogP contribution in [0, 0.1) is 13.8 Å². The Morgan fingerprint density at radius 2 is 2.10 bits per heavy atom. The fourth-order valence-electron chi connectivity index (χ4n) is 3.47. The second-order valence-electron chi connectivity index (χ2n) is 7.30. The summed E-state index contributed by atoms with van der Waals surface area (Å²) in [5.74, 6) is -0.0223. The molecule has 3 heterocycles. The fraction of sp³-hybridized carbons (Fsp3) is 0.500. The zero-order chi connectivity index (χ0) is 20.2. The third-order valence-corrected chi connectivity index (χ3v) is 6.37. The number of anilines is 1. The molecule has 0 radical (unpaired) electrons. The van der Waals surface area contributed by atoms with Crippen molar-refractivity contribution in [2.45, 2.75) is 26.8 Å². The van der Waals surface area contributed by atoms with Crippen LogP contribution in [-0.2, 0) is 16.1 Å². The zero-order valence-electron chi connectivity index (χ0n) is 16.9. The van der Waals surface area contributed by atoms with E-state index in [9.17, 15) is 4.79 Å². The topological polar surface area (TPSA) is 76.4 Å². The Morgan fingerprint density at radius 3 is 2.86 bits per heavy atom. The molecule has 2 aromatic heterocycles. The lowest BCUT2D eigenvalue weighted by Gasteiger charge is -2.27. The number of hydrogen-bond donors (Lipinski definition) is 0. The zero-order valence-corrected chi connectivity index (χ0v) is 17.7. The maximum atomic E-state index is 13.1. The highest BCUT2D eigenvalue weighted by Gasteiger charge is 2.21. The number of benzene rings is 1. The van der Waals surface area contributed by atoms with Crippen LogP contribution in [-0.4, -0.2) is 69.9 Å². The van der Waals surface area contributed by atoms with E-state index in [1.54, 1.807) is 22.3 Å². The number of carbonyl (C=O) groups is 1. The van der Waals surface area contributed by atoms with Crippen molar-refractivity contribution in [2.24, 2.45) is 0 Å². The molecule has 0 saturated carbocycles. The lowest BCUT2D eigenvalue weighted by molar-refractivity contribution is -0.119. The van der Waals surface area contributed by atoms with E-state index in [4.69, 9.17) is 9.72 Å². The Kier molecular flexibility index (Phi) is 6.17. The van der Waals surface area contributed by atoms with Crippen LogP contribution >= 0.6 is 11.3 Å². The number of carbonyl (C=O) groups excluding carboxylic acids is 1. The van der Waals surface area contributed by atoms with E-state index in [-0.39, 0.29) is 12.5 Å². The molecular weight excluding hydrogens is 388 g/mol. The quantitative estimate of drug-likeness (QED) is 0.590. The minimum Gasteiger partial charge on any atom is -0.379 e. The normalized spacial score (nSPS) is 15.1. The average Bonchev–Trinajstić information content (AvgIpc) is 3.39. The first-order valence-corrected chi connectivity index (χ1v) is 10.7. The van der Waals surface area contributed by atoms with Crippen LogP contribution in [0.2, 0.25) is 0 Å². The smallest absolute Gasteiger partial charge is 0.250 e. The molecule has 0 aliphatic carbocycles. The van der Waals surface area contributed by atoms with Gasteiger partial charge in [0, 0.05) is 26.2 Å². The number of aryl methyl sites for hydroxylation is 2. The van der Waals surface area contributed by atoms with Crippen LogP contribution in [0.25, 0.3) is 10.2 Å². The van der Waals surface area contributed by atoms with Gasteiger partial charge in [-0.05, 0) is 37.5 Å². The number of nitrogens with zero attached hydrogens (tertiary/aromatic N) is 6. The number of rotatable bonds is 7. The van der Waals surface area contributed by atoms with E-state index >= 15 is 0 Å². The number of thiazole rings is 1. The largest absolute Gasteiger partial charge is 0.379 e. The summed E-state index contributed by atoms with van der Waals surface area (Å²) in [5.41, 5.74) is 3.36. The minimum atomic E-state index is -0.0223. The monoisotopic (exact) mass is 414 g/mol. The molecule has 1 aliphatic rings. The van der Waals surface area contributed by atoms with E-state index in [0.717, 1.165) is 54.6 Å². The van der Waals surface area contributed by atoms with Gasteiger partial charge in [-0.3, -0.25) is 14.6 Å². The number of amides is 1. The van der Waals surface area contributed by atoms with Gasteiger partial charge in [0.15, 0.2) is 5.13 Å². The van der Waals surface area contributed by atoms with Crippen molar-refractivity contribution in [1.29, 1.82) is 0 Å². The van der Waals surface area contributed by atoms with Gasteiger partial charge in [0.2, 0.25) is 0 Å². The lowest BCUT2D eigenvalue weighted by Crippen LogP contribution is -2.40. The van der Waals surface area contributed by atoms with E-state index in [1.807, 2.05) is 4.90 Å². The van der Waals surface area contributed by atoms with Gasteiger partial charge in [0.25, 0.3) is 5.91 Å². The van der Waals surface area contributed by atoms with Gasteiger partial charge in [-0.1, -0.05) is 17.4 Å². The van der Waals surface area contributed by atoms with Crippen molar-refractivity contribution in [3.8, 4) is 0 Å². The maximum absolute atomic E-state index is 13.1. The molecule has 1 aliphatic heterocycles. The first-order chi connectivity index (χ1) is 14.1. The van der Waals surface area contributed by atoms with E-state index in [0.29, 0.717) is 6.54 Å². The van der Waals surface area contributed by atoms with E-state index in [1.165, 1.54) is 17.5 Å². The predicted molar refractivity (Wildman–Crippen MR) is 113 cm³/mol. The standard InChI is InChI=1S/C20H26N6O2S/c1-15-4-5-17-19(16(15)2)23-20(29-17)26(18(27)12-25-14-21-13-22-25)7-3-6-24-8-10-28-11-9-24/h4-5,13-14H,3,6-12H2,1-2H3. The molecule has 1 saturated heterocycles. The number of aromatic nitrogens is 4. The highest BCUT2D eigenvalue weighted by atomic mass is 32.1. The number of ether oxygens (including phenoxy) is 1. The molecule has 0 unspecified atom stereocenters. The van der Waals surface area contributed by atoms with Crippen LogP contribution in [0.4, 0.5) is 5.13 Å². The molecule has 0 N–H and O–H groups in total. The summed E-state index contributed by atoms with van der Waals surface area (Å²) in [4.78, 5) is 26.1. The molecule has 0 spiro atoms. The van der Waals surface area contributed by atoms with Crippen molar-refractivity contribution in [2.75, 3.05) is 44.3 Å². The molecule has 4 rings (SSSR count). The summed E-state index contributed by atoms with van der Waals surface area (Å²) < 4.78 is 8.08. The Labute approximate surface area is 174 Å². The van der Waals surface area contributed by atoms with E-state index in [2.05, 4.69) is 41.0 Å². The molecule has 0 atom stereocenters. The van der Waals surface area contributed by atoms with Crippen molar-refractivity contribution in [3.05, 3.63) is 35.9 Å². The molecule has 1 fully saturated rings. The molecule has 3 aromatic rings. The third kappa shape index (κ3) is 4.63. The fourth-order valence-corrected chi connectivity index (χ4v) is 4.54. The van der Waals surface area contributed by atoms with Gasteiger partial charge in [0.05, 0.1) is 23.4 Å². The molecular formula is C20H26N6O2S. The van der Waals surface area contributed by atoms with Crippen molar-refractivity contribution < 1.29 is 9.53 Å². The van der Waals surface area contributed by atoms with Crippen molar-refractivity contribution in [1.82, 2.24) is 24.6 Å². The maximum Gasteiger partial charge on any atom is 0.250 e. The SMILES string of the molecule is Cc1ccc2sc(N(CCCN3CCOCC3)C(=O)Cn3cncn3)nc2c1C. The molecule has 9 heteroatoms. The molecule has 8 nitrogen and oxygen atoms in total. The highest BCUT2D eigenvalue weighted by Crippen LogP contribution is 2.32. The van der Waals surface area contributed by atoms with Gasteiger partial charge in [-0.25, -0.2) is 14.6 Å². The summed E-state index contributed by atoms with van der Waals surface area (Å²) >= 11 is 1.57. The Bertz CT molecular complexity index is 965. The summed E-state index contributed by atoms with van der Waals surface area (Å²) in [6, 6.07) is 4.20. The lowest BCUT2D eigenvalue weighted by atomic mass is 10.1. The number of fused-ring (bicyclic) bond motifs is 1. The van der Waals surface area contributed by atoms with Gasteiger partial charge in [-0.2, -0.15) is 5.10 Å². The van der Waals surface area contributed by atoms with Gasteiger partial charge in [0.1, 0.15) is 19.2 Å². The van der Waals surface area contributed by atoms with Crippen LogP contribution in [0.5, 0.6) is 0 Å². The van der Waals surface area contributed by atoms with Crippen LogP contribution in [0.3, 0.4) is 0 Å². The first kappa shape index (κ1) is 19.9. The van der Waals surface area contributed by atoms with Crippen LogP contribution in [0.1, 0.15) is 17.5 Å². The molecule has 29 heavy (non-hydrogen) atoms. The van der Waals surface area contributed by atoms with Gasteiger partial charge >= 0.3 is 0 Å². The molecule has 154 valence electrons. The molecule has 0 bridgehead atoms. The number of morpholine rings is 1. The summed E-state index contributed by atoms with van der Waals surface area (Å²) in [6.07, 6.45) is 3.90. The second-order valence-corrected chi connectivity index (χ2v) is 8.31. The van der Waals surface area contributed by atoms with Crippen molar-refractivity contribution >= 4 is 32.6 Å². The molecule has 1 amide bonds. The summed E-state index contributed by atoms with van der Waals surface area (Å²) in [7, 11) is 0. The van der Waals surface area contributed by atoms with Crippen molar-refractivity contribution in [3.63, 3.8) is 0 Å². The average molecular weight is 415 g/mol. The Hall–Kier alpha value is -2.36. The Balaban J connectivity index is 1.53. The Morgan fingerprint density at radius 1 is 1.28 bits per heavy atom. The first-order valence-electron chi connectivity index (χ1n) is 9.91. The summed E-state index contributed by atoms with van der Waals surface area (Å²) in [5, 5.41) is 4.82. The van der Waals surface area contributed by atoms with Gasteiger partial charge in [-0.15, -0.1) is 0 Å². The van der Waals surface area contributed by atoms with Crippen LogP contribution in [0.15, 0.2) is 24.8 Å². The third-order valence-electron chi connectivity index (χ3n) is 5.33. The van der Waals surface area contributed by atoms with Crippen LogP contribution < -0.4 is 4.90 Å². The minimum absolute atomic E-state index is 0.0223. The summed E-state index contributed by atoms with van der Waals surface area (Å²) in [6.45, 7) is 9.37. The van der Waals surface area contributed by atoms with E-state index < -0.39 is 0 Å². The molecule has 1 aromatic carbocycles.